The van der Waals surface area contributed by atoms with Crippen molar-refractivity contribution in [2.45, 2.75) is 83.3 Å². The lowest BCUT2D eigenvalue weighted by Crippen LogP contribution is -2.58. The van der Waals surface area contributed by atoms with Crippen LogP contribution in [-0.2, 0) is 48.9 Å². The first-order valence-corrected chi connectivity index (χ1v) is 18.3. The van der Waals surface area contributed by atoms with E-state index in [0.29, 0.717) is 51.8 Å². The fraction of sp³-hybridized carbons (Fsp3) is 0.537. The largest absolute Gasteiger partial charge is 0.491 e. The van der Waals surface area contributed by atoms with Crippen molar-refractivity contribution >= 4 is 12.0 Å². The number of hydrogen-bond acceptors (Lipinski definition) is 9. The molecule has 2 heterocycles. The van der Waals surface area contributed by atoms with Gasteiger partial charge in [-0.05, 0) is 93.3 Å². The lowest BCUT2D eigenvalue weighted by molar-refractivity contribution is -0.160. The topological polar surface area (TPSA) is 109 Å². The van der Waals surface area contributed by atoms with E-state index in [9.17, 15) is 4.79 Å². The molecule has 3 aromatic rings. The van der Waals surface area contributed by atoms with Gasteiger partial charge in [-0.15, -0.1) is 0 Å². The molecular weight excluding hydrogens is 662 g/mol. The number of carbonyl (C=O) groups is 2. The molecule has 1 saturated carbocycles. The van der Waals surface area contributed by atoms with Gasteiger partial charge in [0.05, 0.1) is 12.5 Å². The maximum absolute atomic E-state index is 15.1. The average Bonchev–Trinajstić information content (AvgIpc) is 3.98. The number of benzene rings is 2. The number of nitrogens with zero attached hydrogens (tertiary/aromatic N) is 3. The van der Waals surface area contributed by atoms with Gasteiger partial charge in [0.2, 0.25) is 11.8 Å². The van der Waals surface area contributed by atoms with Crippen molar-refractivity contribution in [1.29, 1.82) is 0 Å². The standard InChI is InChI=1S/C41H55N3O8/c1-40(2,3)52-39(46)43-19-17-41(49-6,33-16-18-42-37(26-33)51-29-30-11-8-7-9-12-30)36(28-43)38(45)44(34-14-15-34)27-32-23-31(13-10-20-47-4)24-35(25-32)50-22-21-48-5/h7-9,11-12,16,18,23-26,34,36H,10,13-15,17,19-22,27-29H2,1-6H3/t36-,41+/m1/s1. The van der Waals surface area contributed by atoms with Crippen LogP contribution in [0.15, 0.2) is 66.9 Å². The van der Waals surface area contributed by atoms with E-state index < -0.39 is 23.2 Å². The van der Waals surface area contributed by atoms with Gasteiger partial charge in [-0.3, -0.25) is 4.79 Å². The number of rotatable bonds is 17. The first kappa shape index (κ1) is 39.0. The highest BCUT2D eigenvalue weighted by Crippen LogP contribution is 2.44. The molecule has 52 heavy (non-hydrogen) atoms. The van der Waals surface area contributed by atoms with Gasteiger partial charge >= 0.3 is 6.09 Å². The molecule has 1 aromatic heterocycles. The zero-order chi connectivity index (χ0) is 37.1. The third kappa shape index (κ3) is 10.5. The highest BCUT2D eigenvalue weighted by atomic mass is 16.6. The number of amides is 2. The van der Waals surface area contributed by atoms with Gasteiger partial charge in [0.15, 0.2) is 0 Å². The van der Waals surface area contributed by atoms with Gasteiger partial charge in [0.1, 0.15) is 30.2 Å². The number of pyridine rings is 1. The van der Waals surface area contributed by atoms with Crippen LogP contribution in [0, 0.1) is 5.92 Å². The number of ether oxygens (including phenoxy) is 6. The van der Waals surface area contributed by atoms with E-state index in [4.69, 9.17) is 28.4 Å². The molecule has 1 aliphatic heterocycles. The Morgan fingerprint density at radius 3 is 2.35 bits per heavy atom. The number of carbonyl (C=O) groups excluding carboxylic acids is 2. The normalized spacial score (nSPS) is 18.9. The quantitative estimate of drug-likeness (QED) is 0.144. The van der Waals surface area contributed by atoms with Crippen LogP contribution in [0.1, 0.15) is 68.7 Å². The predicted molar refractivity (Wildman–Crippen MR) is 197 cm³/mol. The van der Waals surface area contributed by atoms with Crippen LogP contribution in [0.25, 0.3) is 0 Å². The molecule has 5 rings (SSSR count). The molecule has 11 nitrogen and oxygen atoms in total. The van der Waals surface area contributed by atoms with E-state index in [1.807, 2.05) is 74.2 Å². The summed E-state index contributed by atoms with van der Waals surface area (Å²) in [6.45, 7) is 8.31. The number of aryl methyl sites for hydroxylation is 1. The van der Waals surface area contributed by atoms with Gasteiger partial charge in [0.25, 0.3) is 0 Å². The van der Waals surface area contributed by atoms with Gasteiger partial charge in [-0.2, -0.15) is 0 Å². The van der Waals surface area contributed by atoms with Crippen LogP contribution in [0.2, 0.25) is 0 Å². The summed E-state index contributed by atoms with van der Waals surface area (Å²) in [5.41, 5.74) is 2.16. The number of hydrogen-bond donors (Lipinski definition) is 0. The van der Waals surface area contributed by atoms with Crippen molar-refractivity contribution in [1.82, 2.24) is 14.8 Å². The molecule has 2 amide bonds. The Morgan fingerprint density at radius 1 is 0.904 bits per heavy atom. The molecule has 0 radical (unpaired) electrons. The number of methoxy groups -OCH3 is 3. The summed E-state index contributed by atoms with van der Waals surface area (Å²) in [6, 6.07) is 19.9. The molecule has 2 aliphatic rings. The lowest BCUT2D eigenvalue weighted by atomic mass is 9.75. The van der Waals surface area contributed by atoms with Crippen molar-refractivity contribution < 1.29 is 38.0 Å². The number of piperidine rings is 1. The number of likely N-dealkylation sites (tertiary alicyclic amines) is 1. The SMILES string of the molecule is COCCCc1cc(CN(C(=O)[C@H]2CN(C(=O)OC(C)(C)C)CC[C@]2(OC)c2ccnc(OCc3ccccc3)c2)C2CC2)cc(OCCOC)c1. The summed E-state index contributed by atoms with van der Waals surface area (Å²) < 4.78 is 34.9. The van der Waals surface area contributed by atoms with E-state index >= 15 is 4.79 Å². The van der Waals surface area contributed by atoms with Crippen LogP contribution < -0.4 is 9.47 Å². The van der Waals surface area contributed by atoms with E-state index in [0.717, 1.165) is 53.7 Å². The molecule has 0 bridgehead atoms. The number of aromatic nitrogens is 1. The molecule has 11 heteroatoms. The highest BCUT2D eigenvalue weighted by Gasteiger charge is 2.52. The summed E-state index contributed by atoms with van der Waals surface area (Å²) in [7, 11) is 4.99. The zero-order valence-corrected chi connectivity index (χ0v) is 31.6. The summed E-state index contributed by atoms with van der Waals surface area (Å²) in [4.78, 5) is 36.7. The van der Waals surface area contributed by atoms with Crippen molar-refractivity contribution in [3.05, 3.63) is 89.1 Å². The summed E-state index contributed by atoms with van der Waals surface area (Å²) in [5, 5.41) is 0. The Bertz CT molecular complexity index is 1580. The molecule has 1 aliphatic carbocycles. The van der Waals surface area contributed by atoms with Crippen LogP contribution in [0.5, 0.6) is 11.6 Å². The maximum atomic E-state index is 15.1. The fourth-order valence-electron chi connectivity index (χ4n) is 6.78. The molecule has 0 spiro atoms. The average molecular weight is 718 g/mol. The zero-order valence-electron chi connectivity index (χ0n) is 31.6. The third-order valence-corrected chi connectivity index (χ3v) is 9.51. The smallest absolute Gasteiger partial charge is 0.410 e. The lowest BCUT2D eigenvalue weighted by Gasteiger charge is -2.47. The molecule has 2 atom stereocenters. The van der Waals surface area contributed by atoms with Crippen molar-refractivity contribution in [3.63, 3.8) is 0 Å². The van der Waals surface area contributed by atoms with E-state index in [2.05, 4.69) is 17.1 Å². The Labute approximate surface area is 308 Å². The Kier molecular flexibility index (Phi) is 13.5. The summed E-state index contributed by atoms with van der Waals surface area (Å²) in [6.07, 6.45) is 5.12. The van der Waals surface area contributed by atoms with E-state index in [1.54, 1.807) is 32.4 Å². The minimum absolute atomic E-state index is 0.0761. The summed E-state index contributed by atoms with van der Waals surface area (Å²) >= 11 is 0. The van der Waals surface area contributed by atoms with Crippen LogP contribution in [-0.4, -0.2) is 92.7 Å². The predicted octanol–water partition coefficient (Wildman–Crippen LogP) is 6.55. The highest BCUT2D eigenvalue weighted by molar-refractivity contribution is 5.82. The molecular formula is C41H55N3O8. The van der Waals surface area contributed by atoms with Gasteiger partial charge in [0, 0.05) is 65.9 Å². The maximum Gasteiger partial charge on any atom is 0.410 e. The van der Waals surface area contributed by atoms with Crippen molar-refractivity contribution in [3.8, 4) is 11.6 Å². The molecule has 282 valence electrons. The second kappa shape index (κ2) is 18.0. The van der Waals surface area contributed by atoms with E-state index in [-0.39, 0.29) is 18.5 Å². The minimum Gasteiger partial charge on any atom is -0.491 e. The molecule has 0 N–H and O–H groups in total. The van der Waals surface area contributed by atoms with Crippen LogP contribution in [0.4, 0.5) is 4.79 Å². The van der Waals surface area contributed by atoms with Crippen LogP contribution in [0.3, 0.4) is 0 Å². The van der Waals surface area contributed by atoms with Crippen LogP contribution >= 0.6 is 0 Å². The fourth-order valence-corrected chi connectivity index (χ4v) is 6.78. The Hall–Kier alpha value is -4.19. The first-order chi connectivity index (χ1) is 25.0. The monoisotopic (exact) mass is 717 g/mol. The van der Waals surface area contributed by atoms with Crippen molar-refractivity contribution in [2.75, 3.05) is 54.2 Å². The van der Waals surface area contributed by atoms with E-state index in [1.165, 1.54) is 0 Å². The molecule has 2 fully saturated rings. The molecule has 1 saturated heterocycles. The molecule has 2 aromatic carbocycles. The minimum atomic E-state index is -1.05. The van der Waals surface area contributed by atoms with Gasteiger partial charge in [-0.1, -0.05) is 36.4 Å². The second-order valence-electron chi connectivity index (χ2n) is 14.6. The summed E-state index contributed by atoms with van der Waals surface area (Å²) in [5.74, 6) is 0.368. The molecule has 0 unspecified atom stereocenters. The first-order valence-electron chi connectivity index (χ1n) is 18.3. The third-order valence-electron chi connectivity index (χ3n) is 9.51. The Morgan fingerprint density at radius 2 is 1.65 bits per heavy atom. The van der Waals surface area contributed by atoms with Crippen molar-refractivity contribution in [2.24, 2.45) is 5.92 Å². The van der Waals surface area contributed by atoms with Gasteiger partial charge < -0.3 is 38.2 Å². The Balaban J connectivity index is 1.47. The second-order valence-corrected chi connectivity index (χ2v) is 14.6. The van der Waals surface area contributed by atoms with Gasteiger partial charge in [-0.25, -0.2) is 9.78 Å².